The van der Waals surface area contributed by atoms with Crippen molar-refractivity contribution in [2.45, 2.75) is 29.6 Å². The van der Waals surface area contributed by atoms with Crippen LogP contribution in [0.5, 0.6) is 0 Å². The summed E-state index contributed by atoms with van der Waals surface area (Å²) < 4.78 is 0. The van der Waals surface area contributed by atoms with E-state index in [0.29, 0.717) is 24.6 Å². The molecule has 1 fully saturated rings. The molecule has 0 radical (unpaired) electrons. The Balaban J connectivity index is 0.00000300. The highest BCUT2D eigenvalue weighted by Gasteiger charge is 2.26. The van der Waals surface area contributed by atoms with Crippen molar-refractivity contribution < 1.29 is 9.72 Å². The molecule has 0 saturated carbocycles. The third-order valence-electron chi connectivity index (χ3n) is 4.96. The summed E-state index contributed by atoms with van der Waals surface area (Å²) in [6.45, 7) is 5.39. The first-order valence-electron chi connectivity index (χ1n) is 9.59. The van der Waals surface area contributed by atoms with Crippen LogP contribution in [0.4, 0.5) is 5.69 Å². The number of nitrogens with zero attached hydrogens (tertiary/aromatic N) is 2. The molecule has 29 heavy (non-hydrogen) atoms. The molecule has 1 N–H and O–H groups in total. The maximum atomic E-state index is 13.2. The van der Waals surface area contributed by atoms with Crippen LogP contribution < -0.4 is 5.32 Å². The molecule has 1 heterocycles. The van der Waals surface area contributed by atoms with Gasteiger partial charge in [0.2, 0.25) is 0 Å². The number of non-ortho nitro benzene ring substituents is 1. The van der Waals surface area contributed by atoms with Crippen LogP contribution in [0, 0.1) is 16.0 Å². The number of rotatable bonds is 7. The van der Waals surface area contributed by atoms with Crippen LogP contribution in [0.2, 0.25) is 0 Å². The largest absolute Gasteiger partial charge is 0.339 e. The lowest BCUT2D eigenvalue weighted by Crippen LogP contribution is -2.41. The second-order valence-electron chi connectivity index (χ2n) is 6.90. The Morgan fingerprint density at radius 1 is 1.21 bits per heavy atom. The van der Waals surface area contributed by atoms with Gasteiger partial charge in [-0.2, -0.15) is 0 Å². The third kappa shape index (κ3) is 6.19. The molecule has 2 aromatic carbocycles. The van der Waals surface area contributed by atoms with Gasteiger partial charge < -0.3 is 10.2 Å². The number of nitro groups is 1. The second-order valence-corrected chi connectivity index (χ2v) is 8.01. The first kappa shape index (κ1) is 23.2. The van der Waals surface area contributed by atoms with Gasteiger partial charge in [-0.1, -0.05) is 36.9 Å². The van der Waals surface area contributed by atoms with Crippen molar-refractivity contribution in [3.8, 4) is 0 Å². The number of hydrogen-bond acceptors (Lipinski definition) is 5. The molecule has 0 atom stereocenters. The molecule has 1 aliphatic heterocycles. The van der Waals surface area contributed by atoms with Crippen LogP contribution in [-0.4, -0.2) is 41.9 Å². The van der Waals surface area contributed by atoms with E-state index in [2.05, 4.69) is 12.2 Å². The van der Waals surface area contributed by atoms with E-state index in [1.807, 2.05) is 35.2 Å². The Bertz CT molecular complexity index is 827. The number of nitro benzene ring substituents is 1. The molecule has 0 aromatic heterocycles. The fourth-order valence-corrected chi connectivity index (χ4v) is 4.30. The van der Waals surface area contributed by atoms with Gasteiger partial charge in [-0.15, -0.1) is 12.4 Å². The summed E-state index contributed by atoms with van der Waals surface area (Å²) in [7, 11) is 0. The predicted octanol–water partition coefficient (Wildman–Crippen LogP) is 4.63. The SMILES string of the molecule is CCNCC1CCN(C(=O)c2cc([N+](=O)[O-])ccc2Sc2ccccc2)CC1.Cl. The molecule has 0 bridgehead atoms. The normalized spacial score (nSPS) is 14.3. The van der Waals surface area contributed by atoms with Gasteiger partial charge in [0.25, 0.3) is 11.6 Å². The number of carbonyl (C=O) groups excluding carboxylic acids is 1. The lowest BCUT2D eigenvalue weighted by Gasteiger charge is -2.32. The summed E-state index contributed by atoms with van der Waals surface area (Å²) in [6, 6.07) is 14.3. The van der Waals surface area contributed by atoms with Gasteiger partial charge >= 0.3 is 0 Å². The number of piperidine rings is 1. The smallest absolute Gasteiger partial charge is 0.270 e. The zero-order chi connectivity index (χ0) is 19.9. The molecule has 0 aliphatic carbocycles. The average Bonchev–Trinajstić information content (AvgIpc) is 2.73. The number of carbonyl (C=O) groups is 1. The first-order chi connectivity index (χ1) is 13.6. The molecule has 1 saturated heterocycles. The highest BCUT2D eigenvalue weighted by atomic mass is 35.5. The Morgan fingerprint density at radius 2 is 1.90 bits per heavy atom. The van der Waals surface area contributed by atoms with Crippen molar-refractivity contribution in [3.05, 3.63) is 64.2 Å². The van der Waals surface area contributed by atoms with E-state index in [1.165, 1.54) is 23.9 Å². The molecular formula is C21H26ClN3O3S. The van der Waals surface area contributed by atoms with Crippen LogP contribution in [0.1, 0.15) is 30.1 Å². The minimum atomic E-state index is -0.448. The minimum absolute atomic E-state index is 0. The zero-order valence-corrected chi connectivity index (χ0v) is 18.0. The molecule has 1 amide bonds. The fraction of sp³-hybridized carbons (Fsp3) is 0.381. The molecule has 3 rings (SSSR count). The summed E-state index contributed by atoms with van der Waals surface area (Å²) in [5.41, 5.74) is 0.357. The summed E-state index contributed by atoms with van der Waals surface area (Å²) in [4.78, 5) is 27.5. The molecule has 1 aliphatic rings. The van der Waals surface area contributed by atoms with Gasteiger partial charge in [-0.3, -0.25) is 14.9 Å². The standard InChI is InChI=1S/C21H25N3O3S.ClH/c1-2-22-15-16-10-12-23(13-11-16)21(25)19-14-17(24(26)27)8-9-20(19)28-18-6-4-3-5-7-18;/h3-9,14,16,22H,2,10-13,15H2,1H3;1H. The number of likely N-dealkylation sites (tertiary alicyclic amines) is 1. The highest BCUT2D eigenvalue weighted by molar-refractivity contribution is 7.99. The van der Waals surface area contributed by atoms with E-state index in [-0.39, 0.29) is 24.0 Å². The third-order valence-corrected chi connectivity index (χ3v) is 6.04. The van der Waals surface area contributed by atoms with E-state index in [0.717, 1.165) is 35.7 Å². The van der Waals surface area contributed by atoms with Crippen LogP contribution in [0.3, 0.4) is 0 Å². The Hall–Kier alpha value is -2.09. The molecule has 6 nitrogen and oxygen atoms in total. The fourth-order valence-electron chi connectivity index (χ4n) is 3.36. The number of amides is 1. The number of halogens is 1. The first-order valence-corrected chi connectivity index (χ1v) is 10.4. The van der Waals surface area contributed by atoms with E-state index in [4.69, 9.17) is 0 Å². The number of hydrogen-bond donors (Lipinski definition) is 1. The van der Waals surface area contributed by atoms with Crippen LogP contribution in [0.25, 0.3) is 0 Å². The van der Waals surface area contributed by atoms with Crippen LogP contribution >= 0.6 is 24.2 Å². The monoisotopic (exact) mass is 435 g/mol. The molecule has 0 unspecified atom stereocenters. The topological polar surface area (TPSA) is 75.5 Å². The quantitative estimate of drug-likeness (QED) is 0.507. The highest BCUT2D eigenvalue weighted by Crippen LogP contribution is 2.33. The summed E-state index contributed by atoms with van der Waals surface area (Å²) in [5, 5.41) is 14.6. The number of nitrogens with one attached hydrogen (secondary N) is 1. The maximum Gasteiger partial charge on any atom is 0.270 e. The molecule has 2 aromatic rings. The lowest BCUT2D eigenvalue weighted by molar-refractivity contribution is -0.384. The van der Waals surface area contributed by atoms with Crippen molar-refractivity contribution in [2.24, 2.45) is 5.92 Å². The predicted molar refractivity (Wildman–Crippen MR) is 118 cm³/mol. The van der Waals surface area contributed by atoms with Crippen molar-refractivity contribution in [1.82, 2.24) is 10.2 Å². The Kier molecular flexibility index (Phi) is 8.95. The van der Waals surface area contributed by atoms with Gasteiger partial charge in [-0.05, 0) is 50.0 Å². The minimum Gasteiger partial charge on any atom is -0.339 e. The van der Waals surface area contributed by atoms with Gasteiger partial charge in [0.15, 0.2) is 0 Å². The molecule has 8 heteroatoms. The average molecular weight is 436 g/mol. The van der Waals surface area contributed by atoms with Gasteiger partial charge in [0, 0.05) is 35.0 Å². The van der Waals surface area contributed by atoms with Crippen LogP contribution in [0.15, 0.2) is 58.3 Å². The van der Waals surface area contributed by atoms with E-state index in [1.54, 1.807) is 6.07 Å². The zero-order valence-electron chi connectivity index (χ0n) is 16.4. The summed E-state index contributed by atoms with van der Waals surface area (Å²) >= 11 is 1.46. The van der Waals surface area contributed by atoms with E-state index in [9.17, 15) is 14.9 Å². The van der Waals surface area contributed by atoms with Crippen molar-refractivity contribution in [2.75, 3.05) is 26.2 Å². The van der Waals surface area contributed by atoms with E-state index >= 15 is 0 Å². The van der Waals surface area contributed by atoms with Crippen molar-refractivity contribution in [3.63, 3.8) is 0 Å². The molecule has 0 spiro atoms. The molecular weight excluding hydrogens is 410 g/mol. The van der Waals surface area contributed by atoms with Gasteiger partial charge in [0.1, 0.15) is 0 Å². The Morgan fingerprint density at radius 3 is 2.52 bits per heavy atom. The Labute approximate surface area is 181 Å². The molecule has 156 valence electrons. The van der Waals surface area contributed by atoms with Gasteiger partial charge in [-0.25, -0.2) is 0 Å². The number of benzene rings is 2. The maximum absolute atomic E-state index is 13.2. The van der Waals surface area contributed by atoms with Gasteiger partial charge in [0.05, 0.1) is 10.5 Å². The van der Waals surface area contributed by atoms with Crippen molar-refractivity contribution >= 4 is 35.8 Å². The summed E-state index contributed by atoms with van der Waals surface area (Å²) in [5.74, 6) is 0.455. The lowest BCUT2D eigenvalue weighted by atomic mass is 9.96. The van der Waals surface area contributed by atoms with E-state index < -0.39 is 4.92 Å². The summed E-state index contributed by atoms with van der Waals surface area (Å²) in [6.07, 6.45) is 1.91. The van der Waals surface area contributed by atoms with Crippen LogP contribution in [-0.2, 0) is 0 Å². The van der Waals surface area contributed by atoms with Crippen molar-refractivity contribution in [1.29, 1.82) is 0 Å². The second kappa shape index (κ2) is 11.2.